The molecule has 0 spiro atoms. The van der Waals surface area contributed by atoms with Crippen LogP contribution in [0.25, 0.3) is 0 Å². The van der Waals surface area contributed by atoms with Crippen molar-refractivity contribution in [1.29, 1.82) is 0 Å². The molecule has 1 aliphatic heterocycles. The van der Waals surface area contributed by atoms with Crippen molar-refractivity contribution < 1.29 is 9.90 Å². The Morgan fingerprint density at radius 1 is 1.32 bits per heavy atom. The molecule has 2 N–H and O–H groups in total. The standard InChI is InChI=1S/C17H27N3O2/c1-14(15-7-5-4-6-8-15)18-16(21)20-11-9-17(22,10-12-20)13-19(2)3/h4-8,14,22H,9-13H2,1-3H3,(H,18,21)/t14-/m1/s1. The third kappa shape index (κ3) is 4.45. The normalized spacial score (nSPS) is 19.0. The summed E-state index contributed by atoms with van der Waals surface area (Å²) in [6, 6.07) is 9.86. The zero-order valence-corrected chi connectivity index (χ0v) is 13.7. The number of hydrogen-bond donors (Lipinski definition) is 2. The lowest BCUT2D eigenvalue weighted by Gasteiger charge is -2.39. The highest BCUT2D eigenvalue weighted by atomic mass is 16.3. The van der Waals surface area contributed by atoms with E-state index >= 15 is 0 Å². The third-order valence-electron chi connectivity index (χ3n) is 4.23. The van der Waals surface area contributed by atoms with Gasteiger partial charge in [-0.25, -0.2) is 4.79 Å². The van der Waals surface area contributed by atoms with Gasteiger partial charge in [0.15, 0.2) is 0 Å². The van der Waals surface area contributed by atoms with Crippen LogP contribution in [-0.2, 0) is 0 Å². The van der Waals surface area contributed by atoms with Crippen molar-refractivity contribution in [3.8, 4) is 0 Å². The second-order valence-electron chi connectivity index (χ2n) is 6.53. The predicted molar refractivity (Wildman–Crippen MR) is 87.7 cm³/mol. The Bertz CT molecular complexity index is 482. The molecule has 5 nitrogen and oxygen atoms in total. The molecule has 2 amide bonds. The van der Waals surface area contributed by atoms with Crippen molar-refractivity contribution in [3.05, 3.63) is 35.9 Å². The molecule has 122 valence electrons. The van der Waals surface area contributed by atoms with Crippen LogP contribution in [0.5, 0.6) is 0 Å². The summed E-state index contributed by atoms with van der Waals surface area (Å²) >= 11 is 0. The van der Waals surface area contributed by atoms with Crippen molar-refractivity contribution in [2.75, 3.05) is 33.7 Å². The first kappa shape index (κ1) is 16.8. The highest BCUT2D eigenvalue weighted by molar-refractivity contribution is 5.74. The summed E-state index contributed by atoms with van der Waals surface area (Å²) < 4.78 is 0. The summed E-state index contributed by atoms with van der Waals surface area (Å²) in [5.74, 6) is 0. The number of carbonyl (C=O) groups is 1. The highest BCUT2D eigenvalue weighted by Gasteiger charge is 2.34. The van der Waals surface area contributed by atoms with Crippen LogP contribution in [0, 0.1) is 0 Å². The van der Waals surface area contributed by atoms with Gasteiger partial charge in [-0.1, -0.05) is 30.3 Å². The molecule has 5 heteroatoms. The molecule has 1 saturated heterocycles. The SMILES string of the molecule is C[C@@H](NC(=O)N1CCC(O)(CN(C)C)CC1)c1ccccc1. The van der Waals surface area contributed by atoms with E-state index in [1.54, 1.807) is 4.90 Å². The molecular weight excluding hydrogens is 278 g/mol. The number of piperidine rings is 1. The molecule has 1 atom stereocenters. The van der Waals surface area contributed by atoms with Crippen LogP contribution in [-0.4, -0.2) is 60.3 Å². The molecule has 1 aromatic rings. The number of hydrogen-bond acceptors (Lipinski definition) is 3. The van der Waals surface area contributed by atoms with Crippen molar-refractivity contribution in [3.63, 3.8) is 0 Å². The molecule has 1 heterocycles. The van der Waals surface area contributed by atoms with E-state index in [1.807, 2.05) is 56.3 Å². The van der Waals surface area contributed by atoms with Crippen molar-refractivity contribution in [1.82, 2.24) is 15.1 Å². The summed E-state index contributed by atoms with van der Waals surface area (Å²) in [6.07, 6.45) is 1.25. The lowest BCUT2D eigenvalue weighted by atomic mass is 9.91. The zero-order chi connectivity index (χ0) is 16.2. The van der Waals surface area contributed by atoms with Gasteiger partial charge in [-0.3, -0.25) is 0 Å². The van der Waals surface area contributed by atoms with Crippen molar-refractivity contribution >= 4 is 6.03 Å². The topological polar surface area (TPSA) is 55.8 Å². The Hall–Kier alpha value is -1.59. The average molecular weight is 305 g/mol. The van der Waals surface area contributed by atoms with Gasteiger partial charge in [0.25, 0.3) is 0 Å². The van der Waals surface area contributed by atoms with Crippen LogP contribution in [0.4, 0.5) is 4.79 Å². The van der Waals surface area contributed by atoms with Gasteiger partial charge >= 0.3 is 6.03 Å². The molecule has 2 rings (SSSR count). The second kappa shape index (κ2) is 7.11. The maximum atomic E-state index is 12.3. The molecular formula is C17H27N3O2. The number of rotatable bonds is 4. The van der Waals surface area contributed by atoms with Crippen LogP contribution >= 0.6 is 0 Å². The Morgan fingerprint density at radius 3 is 2.45 bits per heavy atom. The van der Waals surface area contributed by atoms with E-state index in [1.165, 1.54) is 0 Å². The Morgan fingerprint density at radius 2 is 1.91 bits per heavy atom. The third-order valence-corrected chi connectivity index (χ3v) is 4.23. The Labute approximate surface area is 132 Å². The fraction of sp³-hybridized carbons (Fsp3) is 0.588. The average Bonchev–Trinajstić information content (AvgIpc) is 2.47. The number of amides is 2. The van der Waals surface area contributed by atoms with Gasteiger partial charge in [0.1, 0.15) is 0 Å². The number of likely N-dealkylation sites (tertiary alicyclic amines) is 1. The van der Waals surface area contributed by atoms with Crippen LogP contribution in [0.3, 0.4) is 0 Å². The van der Waals surface area contributed by atoms with Crippen LogP contribution < -0.4 is 5.32 Å². The maximum absolute atomic E-state index is 12.3. The highest BCUT2D eigenvalue weighted by Crippen LogP contribution is 2.23. The van der Waals surface area contributed by atoms with E-state index in [-0.39, 0.29) is 12.1 Å². The fourth-order valence-corrected chi connectivity index (χ4v) is 2.97. The molecule has 22 heavy (non-hydrogen) atoms. The minimum Gasteiger partial charge on any atom is -0.388 e. The Kier molecular flexibility index (Phi) is 5.42. The molecule has 0 unspecified atom stereocenters. The summed E-state index contributed by atoms with van der Waals surface area (Å²) in [5, 5.41) is 13.5. The second-order valence-corrected chi connectivity index (χ2v) is 6.53. The minimum absolute atomic E-state index is 0.0173. The first-order valence-corrected chi connectivity index (χ1v) is 7.87. The van der Waals surface area contributed by atoms with Gasteiger partial charge in [0, 0.05) is 19.6 Å². The summed E-state index contributed by atoms with van der Waals surface area (Å²) in [7, 11) is 3.91. The zero-order valence-electron chi connectivity index (χ0n) is 13.7. The molecule has 0 radical (unpaired) electrons. The van der Waals surface area contributed by atoms with Gasteiger partial charge in [-0.05, 0) is 39.4 Å². The lowest BCUT2D eigenvalue weighted by Crippen LogP contribution is -2.53. The number of nitrogens with one attached hydrogen (secondary N) is 1. The molecule has 1 aromatic carbocycles. The van der Waals surface area contributed by atoms with E-state index in [2.05, 4.69) is 5.32 Å². The summed E-state index contributed by atoms with van der Waals surface area (Å²) in [4.78, 5) is 16.1. The smallest absolute Gasteiger partial charge is 0.317 e. The van der Waals surface area contributed by atoms with E-state index in [9.17, 15) is 9.90 Å². The van der Waals surface area contributed by atoms with Crippen LogP contribution in [0.2, 0.25) is 0 Å². The molecule has 1 aliphatic rings. The van der Waals surface area contributed by atoms with E-state index in [0.717, 1.165) is 5.56 Å². The van der Waals surface area contributed by atoms with Gasteiger partial charge in [0.2, 0.25) is 0 Å². The molecule has 0 saturated carbocycles. The molecule has 1 fully saturated rings. The van der Waals surface area contributed by atoms with E-state index in [0.29, 0.717) is 32.5 Å². The van der Waals surface area contributed by atoms with Crippen molar-refractivity contribution in [2.24, 2.45) is 0 Å². The summed E-state index contributed by atoms with van der Waals surface area (Å²) in [5.41, 5.74) is 0.419. The fourth-order valence-electron chi connectivity index (χ4n) is 2.97. The number of likely N-dealkylation sites (N-methyl/N-ethyl adjacent to an activating group) is 1. The maximum Gasteiger partial charge on any atom is 0.317 e. The first-order valence-electron chi connectivity index (χ1n) is 7.87. The van der Waals surface area contributed by atoms with Crippen LogP contribution in [0.1, 0.15) is 31.4 Å². The largest absolute Gasteiger partial charge is 0.388 e. The Balaban J connectivity index is 1.85. The molecule has 0 aromatic heterocycles. The van der Waals surface area contributed by atoms with E-state index in [4.69, 9.17) is 0 Å². The molecule has 0 aliphatic carbocycles. The summed E-state index contributed by atoms with van der Waals surface area (Å²) in [6.45, 7) is 3.82. The number of carbonyl (C=O) groups excluding carboxylic acids is 1. The number of aliphatic hydroxyl groups is 1. The van der Waals surface area contributed by atoms with E-state index < -0.39 is 5.60 Å². The number of nitrogens with zero attached hydrogens (tertiary/aromatic N) is 2. The van der Waals surface area contributed by atoms with Gasteiger partial charge in [0.05, 0.1) is 11.6 Å². The van der Waals surface area contributed by atoms with Gasteiger partial charge < -0.3 is 20.2 Å². The lowest BCUT2D eigenvalue weighted by molar-refractivity contribution is -0.0294. The quantitative estimate of drug-likeness (QED) is 0.892. The first-order chi connectivity index (χ1) is 10.4. The van der Waals surface area contributed by atoms with Gasteiger partial charge in [-0.15, -0.1) is 0 Å². The predicted octanol–water partition coefficient (Wildman–Crippen LogP) is 1.85. The van der Waals surface area contributed by atoms with Crippen LogP contribution in [0.15, 0.2) is 30.3 Å². The monoisotopic (exact) mass is 305 g/mol. The minimum atomic E-state index is -0.675. The molecule has 0 bridgehead atoms. The number of benzene rings is 1. The van der Waals surface area contributed by atoms with Crippen molar-refractivity contribution in [2.45, 2.75) is 31.4 Å². The van der Waals surface area contributed by atoms with Gasteiger partial charge in [-0.2, -0.15) is 0 Å². The number of urea groups is 1.